The minimum atomic E-state index is -0.454. The Bertz CT molecular complexity index is 301. The molecule has 0 aromatic heterocycles. The number of primary amides is 1. The van der Waals surface area contributed by atoms with Crippen molar-refractivity contribution in [3.05, 3.63) is 0 Å². The van der Waals surface area contributed by atoms with E-state index in [2.05, 4.69) is 11.8 Å². The average molecular weight is 270 g/mol. The summed E-state index contributed by atoms with van der Waals surface area (Å²) in [6.45, 7) is 4.75. The van der Waals surface area contributed by atoms with Gasteiger partial charge in [-0.25, -0.2) is 0 Å². The van der Waals surface area contributed by atoms with Crippen molar-refractivity contribution in [2.75, 3.05) is 32.7 Å². The molecule has 1 rings (SSSR count). The van der Waals surface area contributed by atoms with Crippen LogP contribution in [0.5, 0.6) is 0 Å². The highest BCUT2D eigenvalue weighted by Gasteiger charge is 2.21. The first-order valence-electron chi connectivity index (χ1n) is 7.07. The fourth-order valence-electron chi connectivity index (χ4n) is 2.23. The number of carbonyl (C=O) groups excluding carboxylic acids is 2. The molecule has 2 amide bonds. The van der Waals surface area contributed by atoms with Crippen molar-refractivity contribution >= 4 is 11.8 Å². The standard InChI is InChI=1S/C13H26N4O2/c1-2-3-6-17(9-12(15)18)13(19)10-16-7-4-11(14)5-8-16/h11H,2-10,14H2,1H3,(H2,15,18). The Morgan fingerprint density at radius 3 is 2.47 bits per heavy atom. The number of amides is 2. The summed E-state index contributed by atoms with van der Waals surface area (Å²) in [5, 5.41) is 0. The summed E-state index contributed by atoms with van der Waals surface area (Å²) < 4.78 is 0. The zero-order valence-electron chi connectivity index (χ0n) is 11.8. The van der Waals surface area contributed by atoms with Gasteiger partial charge in [-0.05, 0) is 19.3 Å². The van der Waals surface area contributed by atoms with Crippen molar-refractivity contribution < 1.29 is 9.59 Å². The first kappa shape index (κ1) is 15.9. The summed E-state index contributed by atoms with van der Waals surface area (Å²) in [6.07, 6.45) is 3.74. The smallest absolute Gasteiger partial charge is 0.237 e. The molecule has 0 aromatic carbocycles. The number of hydrogen-bond donors (Lipinski definition) is 2. The molecule has 1 fully saturated rings. The van der Waals surface area contributed by atoms with Crippen LogP contribution in [0.4, 0.5) is 0 Å². The van der Waals surface area contributed by atoms with Crippen LogP contribution < -0.4 is 11.5 Å². The SMILES string of the molecule is CCCCN(CC(N)=O)C(=O)CN1CCC(N)CC1. The molecule has 0 atom stereocenters. The number of carbonyl (C=O) groups is 2. The molecule has 0 aromatic rings. The maximum atomic E-state index is 12.2. The quantitative estimate of drug-likeness (QED) is 0.653. The second-order valence-electron chi connectivity index (χ2n) is 5.25. The number of piperidine rings is 1. The van der Waals surface area contributed by atoms with Crippen molar-refractivity contribution in [2.24, 2.45) is 11.5 Å². The lowest BCUT2D eigenvalue weighted by Crippen LogP contribution is -2.47. The van der Waals surface area contributed by atoms with Gasteiger partial charge < -0.3 is 16.4 Å². The molecule has 0 unspecified atom stereocenters. The Morgan fingerprint density at radius 1 is 1.32 bits per heavy atom. The lowest BCUT2D eigenvalue weighted by molar-refractivity contribution is -0.136. The van der Waals surface area contributed by atoms with Crippen LogP contribution in [0.15, 0.2) is 0 Å². The Hall–Kier alpha value is -1.14. The van der Waals surface area contributed by atoms with E-state index >= 15 is 0 Å². The topological polar surface area (TPSA) is 92.7 Å². The maximum Gasteiger partial charge on any atom is 0.237 e. The van der Waals surface area contributed by atoms with Crippen molar-refractivity contribution in [1.82, 2.24) is 9.80 Å². The van der Waals surface area contributed by atoms with Crippen LogP contribution in [0.25, 0.3) is 0 Å². The third-order valence-corrected chi connectivity index (χ3v) is 3.47. The Morgan fingerprint density at radius 2 is 1.95 bits per heavy atom. The third kappa shape index (κ3) is 6.02. The molecule has 6 nitrogen and oxygen atoms in total. The first-order valence-corrected chi connectivity index (χ1v) is 7.07. The zero-order chi connectivity index (χ0) is 14.3. The number of rotatable bonds is 7. The van der Waals surface area contributed by atoms with Gasteiger partial charge in [0.15, 0.2) is 0 Å². The summed E-state index contributed by atoms with van der Waals surface area (Å²) in [4.78, 5) is 26.9. The monoisotopic (exact) mass is 270 g/mol. The predicted octanol–water partition coefficient (Wildman–Crippen LogP) is -0.476. The van der Waals surface area contributed by atoms with Gasteiger partial charge in [-0.15, -0.1) is 0 Å². The number of nitrogens with zero attached hydrogens (tertiary/aromatic N) is 2. The highest BCUT2D eigenvalue weighted by Crippen LogP contribution is 2.08. The van der Waals surface area contributed by atoms with Crippen LogP contribution in [0, 0.1) is 0 Å². The number of hydrogen-bond acceptors (Lipinski definition) is 4. The van der Waals surface area contributed by atoms with E-state index in [1.165, 1.54) is 0 Å². The number of nitrogens with two attached hydrogens (primary N) is 2. The lowest BCUT2D eigenvalue weighted by atomic mass is 10.1. The lowest BCUT2D eigenvalue weighted by Gasteiger charge is -2.31. The van der Waals surface area contributed by atoms with Crippen LogP contribution in [0.2, 0.25) is 0 Å². The van der Waals surface area contributed by atoms with Crippen LogP contribution in [-0.2, 0) is 9.59 Å². The van der Waals surface area contributed by atoms with E-state index in [0.717, 1.165) is 38.8 Å². The summed E-state index contributed by atoms with van der Waals surface area (Å²) in [7, 11) is 0. The second kappa shape index (κ2) is 8.12. The zero-order valence-corrected chi connectivity index (χ0v) is 11.8. The van der Waals surface area contributed by atoms with Crippen molar-refractivity contribution in [1.29, 1.82) is 0 Å². The molecule has 19 heavy (non-hydrogen) atoms. The molecule has 1 heterocycles. The molecule has 0 bridgehead atoms. The molecular weight excluding hydrogens is 244 g/mol. The van der Waals surface area contributed by atoms with Crippen molar-refractivity contribution in [3.63, 3.8) is 0 Å². The molecule has 6 heteroatoms. The van der Waals surface area contributed by atoms with Gasteiger partial charge in [0.1, 0.15) is 0 Å². The minimum Gasteiger partial charge on any atom is -0.368 e. The Labute approximate surface area is 115 Å². The number of unbranched alkanes of at least 4 members (excludes halogenated alkanes) is 1. The molecule has 110 valence electrons. The molecule has 0 radical (unpaired) electrons. The molecule has 1 aliphatic heterocycles. The van der Waals surface area contributed by atoms with E-state index in [1.54, 1.807) is 4.90 Å². The van der Waals surface area contributed by atoms with Crippen LogP contribution in [0.1, 0.15) is 32.6 Å². The van der Waals surface area contributed by atoms with Gasteiger partial charge in [-0.2, -0.15) is 0 Å². The molecule has 1 aliphatic rings. The minimum absolute atomic E-state index is 0.0114. The van der Waals surface area contributed by atoms with E-state index in [9.17, 15) is 9.59 Å². The number of likely N-dealkylation sites (tertiary alicyclic amines) is 1. The Kier molecular flexibility index (Phi) is 6.80. The largest absolute Gasteiger partial charge is 0.368 e. The third-order valence-electron chi connectivity index (χ3n) is 3.47. The second-order valence-corrected chi connectivity index (χ2v) is 5.25. The molecular formula is C13H26N4O2. The summed E-state index contributed by atoms with van der Waals surface area (Å²) in [5.74, 6) is -0.465. The fourth-order valence-corrected chi connectivity index (χ4v) is 2.23. The van der Waals surface area contributed by atoms with E-state index in [-0.39, 0.29) is 18.5 Å². The van der Waals surface area contributed by atoms with Gasteiger partial charge in [0.05, 0.1) is 13.1 Å². The average Bonchev–Trinajstić information content (AvgIpc) is 2.36. The normalized spacial score (nSPS) is 17.4. The van der Waals surface area contributed by atoms with Crippen LogP contribution >= 0.6 is 0 Å². The highest BCUT2D eigenvalue weighted by molar-refractivity contribution is 5.84. The Balaban J connectivity index is 2.43. The molecule has 0 spiro atoms. The van der Waals surface area contributed by atoms with Gasteiger partial charge in [0.2, 0.25) is 11.8 Å². The van der Waals surface area contributed by atoms with Crippen LogP contribution in [0.3, 0.4) is 0 Å². The van der Waals surface area contributed by atoms with Crippen LogP contribution in [-0.4, -0.2) is 60.4 Å². The maximum absolute atomic E-state index is 12.2. The van der Waals surface area contributed by atoms with Gasteiger partial charge in [0.25, 0.3) is 0 Å². The molecule has 0 aliphatic carbocycles. The fraction of sp³-hybridized carbons (Fsp3) is 0.846. The van der Waals surface area contributed by atoms with E-state index < -0.39 is 5.91 Å². The van der Waals surface area contributed by atoms with Gasteiger partial charge in [0, 0.05) is 25.7 Å². The van der Waals surface area contributed by atoms with E-state index in [1.807, 2.05) is 0 Å². The molecule has 1 saturated heterocycles. The first-order chi connectivity index (χ1) is 9.02. The van der Waals surface area contributed by atoms with Crippen molar-refractivity contribution in [2.45, 2.75) is 38.6 Å². The predicted molar refractivity (Wildman–Crippen MR) is 74.3 cm³/mol. The van der Waals surface area contributed by atoms with Crippen molar-refractivity contribution in [3.8, 4) is 0 Å². The molecule has 0 saturated carbocycles. The van der Waals surface area contributed by atoms with Gasteiger partial charge >= 0.3 is 0 Å². The summed E-state index contributed by atoms with van der Waals surface area (Å²) >= 11 is 0. The summed E-state index contributed by atoms with van der Waals surface area (Å²) in [6, 6.07) is 0.258. The van der Waals surface area contributed by atoms with E-state index in [4.69, 9.17) is 11.5 Å². The highest BCUT2D eigenvalue weighted by atomic mass is 16.2. The molecule has 4 N–H and O–H groups in total. The summed E-state index contributed by atoms with van der Waals surface area (Å²) in [5.41, 5.74) is 11.0. The van der Waals surface area contributed by atoms with E-state index in [0.29, 0.717) is 13.1 Å². The van der Waals surface area contributed by atoms with Gasteiger partial charge in [-0.3, -0.25) is 14.5 Å². The van der Waals surface area contributed by atoms with Gasteiger partial charge in [-0.1, -0.05) is 13.3 Å².